The van der Waals surface area contributed by atoms with E-state index in [0.29, 0.717) is 6.10 Å². The van der Waals surface area contributed by atoms with E-state index in [-0.39, 0.29) is 0 Å². The highest BCUT2D eigenvalue weighted by atomic mass is 79.9. The summed E-state index contributed by atoms with van der Waals surface area (Å²) in [7, 11) is 1.70. The van der Waals surface area contributed by atoms with E-state index in [1.807, 2.05) is 12.1 Å². The van der Waals surface area contributed by atoms with E-state index in [0.717, 1.165) is 35.6 Å². The van der Waals surface area contributed by atoms with Crippen molar-refractivity contribution in [2.24, 2.45) is 5.92 Å². The lowest BCUT2D eigenvalue weighted by molar-refractivity contribution is 0.131. The van der Waals surface area contributed by atoms with Crippen molar-refractivity contribution >= 4 is 15.9 Å². The minimum Gasteiger partial charge on any atom is -0.493 e. The van der Waals surface area contributed by atoms with Crippen LogP contribution in [0.5, 0.6) is 11.5 Å². The second-order valence-corrected chi connectivity index (χ2v) is 5.68. The van der Waals surface area contributed by atoms with Crippen LogP contribution in [0.2, 0.25) is 0 Å². The van der Waals surface area contributed by atoms with E-state index in [1.54, 1.807) is 7.11 Å². The van der Waals surface area contributed by atoms with Gasteiger partial charge >= 0.3 is 0 Å². The Bertz CT molecular complexity index is 384. The number of halogens is 1. The molecule has 2 rings (SSSR count). The predicted molar refractivity (Wildman–Crippen MR) is 77.7 cm³/mol. The first-order chi connectivity index (χ1) is 8.72. The van der Waals surface area contributed by atoms with Crippen LogP contribution in [-0.2, 0) is 5.33 Å². The highest BCUT2D eigenvalue weighted by molar-refractivity contribution is 9.08. The summed E-state index contributed by atoms with van der Waals surface area (Å²) in [6.45, 7) is 2.32. The zero-order valence-electron chi connectivity index (χ0n) is 11.1. The van der Waals surface area contributed by atoms with Gasteiger partial charge in [0.05, 0.1) is 13.2 Å². The van der Waals surface area contributed by atoms with Crippen LogP contribution in [0.15, 0.2) is 18.2 Å². The van der Waals surface area contributed by atoms with Gasteiger partial charge in [0.2, 0.25) is 0 Å². The zero-order chi connectivity index (χ0) is 13.0. The Labute approximate surface area is 118 Å². The summed E-state index contributed by atoms with van der Waals surface area (Å²) in [5.41, 5.74) is 1.21. The summed E-state index contributed by atoms with van der Waals surface area (Å²) in [4.78, 5) is 0. The van der Waals surface area contributed by atoms with Gasteiger partial charge in [-0.2, -0.15) is 0 Å². The van der Waals surface area contributed by atoms with Gasteiger partial charge in [-0.3, -0.25) is 0 Å². The number of rotatable bonds is 4. The molecule has 1 aromatic rings. The molecule has 0 radical (unpaired) electrons. The number of alkyl halides is 1. The summed E-state index contributed by atoms with van der Waals surface area (Å²) in [5.74, 6) is 2.56. The summed E-state index contributed by atoms with van der Waals surface area (Å²) in [5, 5.41) is 0.838. The van der Waals surface area contributed by atoms with Crippen molar-refractivity contribution < 1.29 is 9.47 Å². The van der Waals surface area contributed by atoms with Gasteiger partial charge in [0.25, 0.3) is 0 Å². The van der Waals surface area contributed by atoms with Gasteiger partial charge in [-0.05, 0) is 49.3 Å². The highest BCUT2D eigenvalue weighted by Crippen LogP contribution is 2.33. The van der Waals surface area contributed by atoms with E-state index < -0.39 is 0 Å². The molecule has 1 aliphatic carbocycles. The number of hydrogen-bond donors (Lipinski definition) is 0. The monoisotopic (exact) mass is 312 g/mol. The molecule has 1 aromatic carbocycles. The molecule has 0 spiro atoms. The minimum absolute atomic E-state index is 0.352. The van der Waals surface area contributed by atoms with Crippen molar-refractivity contribution in [3.8, 4) is 11.5 Å². The van der Waals surface area contributed by atoms with Crippen LogP contribution in [0.4, 0.5) is 0 Å². The molecule has 0 aromatic heterocycles. The van der Waals surface area contributed by atoms with Crippen LogP contribution >= 0.6 is 15.9 Å². The molecule has 0 atom stereocenters. The fourth-order valence-electron chi connectivity index (χ4n) is 2.42. The van der Waals surface area contributed by atoms with Gasteiger partial charge in [-0.15, -0.1) is 0 Å². The Kier molecular flexibility index (Phi) is 4.93. The topological polar surface area (TPSA) is 18.5 Å². The molecule has 0 amide bonds. The van der Waals surface area contributed by atoms with E-state index in [9.17, 15) is 0 Å². The molecule has 0 N–H and O–H groups in total. The first-order valence-corrected chi connectivity index (χ1v) is 7.74. The summed E-state index contributed by atoms with van der Waals surface area (Å²) in [6.07, 6.45) is 5.21. The maximum atomic E-state index is 6.08. The Hall–Kier alpha value is -0.700. The number of methoxy groups -OCH3 is 1. The van der Waals surface area contributed by atoms with Gasteiger partial charge < -0.3 is 9.47 Å². The van der Waals surface area contributed by atoms with Crippen LogP contribution in [0, 0.1) is 5.92 Å². The van der Waals surface area contributed by atoms with Crippen molar-refractivity contribution in [3.63, 3.8) is 0 Å². The molecule has 0 saturated heterocycles. The lowest BCUT2D eigenvalue weighted by Gasteiger charge is -2.27. The van der Waals surface area contributed by atoms with Gasteiger partial charge in [0, 0.05) is 5.33 Å². The number of benzene rings is 1. The zero-order valence-corrected chi connectivity index (χ0v) is 12.7. The van der Waals surface area contributed by atoms with Gasteiger partial charge in [-0.25, -0.2) is 0 Å². The quantitative estimate of drug-likeness (QED) is 0.759. The van der Waals surface area contributed by atoms with Crippen molar-refractivity contribution in [2.45, 2.75) is 44.0 Å². The summed E-state index contributed by atoms with van der Waals surface area (Å²) in [6, 6.07) is 6.14. The third kappa shape index (κ3) is 3.41. The van der Waals surface area contributed by atoms with Crippen LogP contribution in [0.1, 0.15) is 38.2 Å². The molecule has 18 heavy (non-hydrogen) atoms. The Morgan fingerprint density at radius 2 is 1.89 bits per heavy atom. The molecule has 3 heteroatoms. The van der Waals surface area contributed by atoms with Crippen LogP contribution in [-0.4, -0.2) is 13.2 Å². The summed E-state index contributed by atoms with van der Waals surface area (Å²) < 4.78 is 11.5. The second-order valence-electron chi connectivity index (χ2n) is 5.12. The van der Waals surface area contributed by atoms with Crippen molar-refractivity contribution in [1.82, 2.24) is 0 Å². The molecule has 0 heterocycles. The molecule has 0 unspecified atom stereocenters. The first kappa shape index (κ1) is 13.7. The average molecular weight is 313 g/mol. The second kappa shape index (κ2) is 6.46. The Morgan fingerprint density at radius 1 is 1.17 bits per heavy atom. The smallest absolute Gasteiger partial charge is 0.161 e. The standard InChI is InChI=1S/C15H21BrO2/c1-11-3-6-13(7-4-11)18-14-8-5-12(10-16)9-15(14)17-2/h5,8-9,11,13H,3-4,6-7,10H2,1-2H3. The molecular weight excluding hydrogens is 292 g/mol. The fourth-order valence-corrected chi connectivity index (χ4v) is 2.77. The molecule has 2 nitrogen and oxygen atoms in total. The molecular formula is C15H21BrO2. The lowest BCUT2D eigenvalue weighted by Crippen LogP contribution is -2.23. The maximum absolute atomic E-state index is 6.08. The molecule has 1 saturated carbocycles. The maximum Gasteiger partial charge on any atom is 0.161 e. The normalized spacial score (nSPS) is 23.7. The third-order valence-electron chi connectivity index (χ3n) is 3.64. The molecule has 1 aliphatic rings. The lowest BCUT2D eigenvalue weighted by atomic mass is 9.89. The first-order valence-electron chi connectivity index (χ1n) is 6.62. The summed E-state index contributed by atoms with van der Waals surface area (Å²) >= 11 is 3.45. The van der Waals surface area contributed by atoms with Gasteiger partial charge in [0.1, 0.15) is 0 Å². The highest BCUT2D eigenvalue weighted by Gasteiger charge is 2.20. The third-order valence-corrected chi connectivity index (χ3v) is 4.29. The van der Waals surface area contributed by atoms with Crippen molar-refractivity contribution in [1.29, 1.82) is 0 Å². The van der Waals surface area contributed by atoms with E-state index in [2.05, 4.69) is 28.9 Å². The van der Waals surface area contributed by atoms with Gasteiger partial charge in [-0.1, -0.05) is 28.9 Å². The molecule has 0 aliphatic heterocycles. The average Bonchev–Trinajstić information content (AvgIpc) is 2.41. The Morgan fingerprint density at radius 3 is 2.50 bits per heavy atom. The molecule has 100 valence electrons. The van der Waals surface area contributed by atoms with Gasteiger partial charge in [0.15, 0.2) is 11.5 Å². The van der Waals surface area contributed by atoms with Crippen LogP contribution in [0.3, 0.4) is 0 Å². The Balaban J connectivity index is 2.04. The predicted octanol–water partition coefficient (Wildman–Crippen LogP) is 4.55. The van der Waals surface area contributed by atoms with Crippen molar-refractivity contribution in [3.05, 3.63) is 23.8 Å². The largest absolute Gasteiger partial charge is 0.493 e. The number of ether oxygens (including phenoxy) is 2. The van der Waals surface area contributed by atoms with E-state index >= 15 is 0 Å². The van der Waals surface area contributed by atoms with Crippen LogP contribution < -0.4 is 9.47 Å². The van der Waals surface area contributed by atoms with E-state index in [4.69, 9.17) is 9.47 Å². The van der Waals surface area contributed by atoms with Crippen LogP contribution in [0.25, 0.3) is 0 Å². The SMILES string of the molecule is COc1cc(CBr)ccc1OC1CCC(C)CC1. The van der Waals surface area contributed by atoms with E-state index in [1.165, 1.54) is 18.4 Å². The molecule has 1 fully saturated rings. The van der Waals surface area contributed by atoms with Crippen molar-refractivity contribution in [2.75, 3.05) is 7.11 Å². The molecule has 0 bridgehead atoms. The minimum atomic E-state index is 0.352. The fraction of sp³-hybridized carbons (Fsp3) is 0.600. The number of hydrogen-bond acceptors (Lipinski definition) is 2.